The monoisotopic (exact) mass is 428 g/mol. The van der Waals surface area contributed by atoms with Crippen LogP contribution >= 0.6 is 0 Å². The number of fused-ring (bicyclic) bond motifs is 5. The van der Waals surface area contributed by atoms with Crippen LogP contribution in [0.5, 0.6) is 0 Å². The van der Waals surface area contributed by atoms with E-state index in [1.807, 2.05) is 19.9 Å². The number of Topliss-reactive ketones (excluding diaryl/α,β-unsaturated/α-hetero) is 1. The summed E-state index contributed by atoms with van der Waals surface area (Å²) < 4.78 is 9.71. The molecular weight excluding hydrogens is 396 g/mol. The molecule has 2 fully saturated rings. The molecule has 0 aromatic rings. The first kappa shape index (κ1) is 22.0. The summed E-state index contributed by atoms with van der Waals surface area (Å²) in [6.07, 6.45) is 9.80. The third kappa shape index (κ3) is 3.05. The van der Waals surface area contributed by atoms with Gasteiger partial charge in [0, 0.05) is 10.8 Å². The van der Waals surface area contributed by atoms with Gasteiger partial charge in [-0.2, -0.15) is 0 Å². The molecule has 0 saturated heterocycles. The Hall–Kier alpha value is -2.21. The van der Waals surface area contributed by atoms with Gasteiger partial charge in [0.15, 0.2) is 12.4 Å². The Labute approximate surface area is 183 Å². The van der Waals surface area contributed by atoms with Crippen LogP contribution in [0.25, 0.3) is 0 Å². The van der Waals surface area contributed by atoms with Crippen LogP contribution in [0.1, 0.15) is 53.4 Å². The first-order valence-corrected chi connectivity index (χ1v) is 11.3. The number of carbonyl (C=O) groups excluding carboxylic acids is 3. The summed E-state index contributed by atoms with van der Waals surface area (Å²) in [7, 11) is 0. The quantitative estimate of drug-likeness (QED) is 0.539. The van der Waals surface area contributed by atoms with Crippen molar-refractivity contribution in [3.63, 3.8) is 0 Å². The molecule has 0 radical (unpaired) electrons. The van der Waals surface area contributed by atoms with Crippen molar-refractivity contribution in [1.29, 1.82) is 0 Å². The van der Waals surface area contributed by atoms with Crippen molar-refractivity contribution in [2.24, 2.45) is 28.6 Å². The molecule has 0 aliphatic heterocycles. The van der Waals surface area contributed by atoms with E-state index in [0.717, 1.165) is 24.8 Å². The maximum absolute atomic E-state index is 13.2. The smallest absolute Gasteiger partial charge is 0.435 e. The van der Waals surface area contributed by atoms with E-state index in [1.165, 1.54) is 5.57 Å². The van der Waals surface area contributed by atoms with Crippen LogP contribution in [0, 0.1) is 28.6 Å². The van der Waals surface area contributed by atoms with Crippen LogP contribution in [0.3, 0.4) is 0 Å². The third-order valence-corrected chi connectivity index (χ3v) is 8.54. The Morgan fingerprint density at radius 2 is 2.00 bits per heavy atom. The van der Waals surface area contributed by atoms with E-state index in [1.54, 1.807) is 19.1 Å². The number of aliphatic hydroxyl groups is 1. The molecule has 2 unspecified atom stereocenters. The Morgan fingerprint density at radius 3 is 2.71 bits per heavy atom. The summed E-state index contributed by atoms with van der Waals surface area (Å²) in [4.78, 5) is 36.6. The van der Waals surface area contributed by atoms with Gasteiger partial charge in [-0.1, -0.05) is 37.1 Å². The van der Waals surface area contributed by atoms with Crippen LogP contribution in [-0.4, -0.2) is 41.6 Å². The highest BCUT2D eigenvalue weighted by atomic mass is 16.7. The summed E-state index contributed by atoms with van der Waals surface area (Å²) in [5, 5.41) is 11.8. The van der Waals surface area contributed by atoms with E-state index in [4.69, 9.17) is 9.47 Å². The zero-order valence-corrected chi connectivity index (χ0v) is 18.8. The van der Waals surface area contributed by atoms with Crippen LogP contribution < -0.4 is 0 Å². The Kier molecular flexibility index (Phi) is 5.28. The highest BCUT2D eigenvalue weighted by molar-refractivity contribution is 6.01. The van der Waals surface area contributed by atoms with E-state index in [-0.39, 0.29) is 35.6 Å². The lowest BCUT2D eigenvalue weighted by atomic mass is 9.51. The van der Waals surface area contributed by atoms with Crippen molar-refractivity contribution in [3.05, 3.63) is 35.5 Å². The van der Waals surface area contributed by atoms with Gasteiger partial charge >= 0.3 is 6.16 Å². The third-order valence-electron chi connectivity index (χ3n) is 8.54. The van der Waals surface area contributed by atoms with E-state index in [0.29, 0.717) is 6.42 Å². The molecule has 0 amide bonds. The maximum Gasteiger partial charge on any atom is 0.508 e. The second-order valence-corrected chi connectivity index (χ2v) is 9.94. The number of ether oxygens (including phenoxy) is 2. The lowest BCUT2D eigenvalue weighted by Gasteiger charge is -2.53. The summed E-state index contributed by atoms with van der Waals surface area (Å²) >= 11 is 0. The van der Waals surface area contributed by atoms with Crippen molar-refractivity contribution in [3.8, 4) is 0 Å². The molecule has 168 valence electrons. The summed E-state index contributed by atoms with van der Waals surface area (Å²) in [6.45, 7) is 7.43. The summed E-state index contributed by atoms with van der Waals surface area (Å²) in [5.41, 5.74) is -0.00319. The number of carbonyl (C=O) groups is 3. The molecule has 0 spiro atoms. The maximum atomic E-state index is 13.2. The van der Waals surface area contributed by atoms with Crippen molar-refractivity contribution < 1.29 is 29.0 Å². The molecular formula is C25H32O6. The zero-order chi connectivity index (χ0) is 22.6. The lowest BCUT2D eigenvalue weighted by Crippen LogP contribution is -2.57. The SMILES string of the molecule is CCOC(=O)OCC(=O)[C@@]1(O)[C@H](C)CC2C3CCC4=CC(=O)C=C[C@]4(C)C3=CC[C@@]21C. The molecule has 4 aliphatic carbocycles. The molecule has 6 nitrogen and oxygen atoms in total. The molecule has 6 heteroatoms. The number of allylic oxidation sites excluding steroid dienone is 6. The number of hydrogen-bond acceptors (Lipinski definition) is 6. The van der Waals surface area contributed by atoms with Crippen LogP contribution in [0.4, 0.5) is 4.79 Å². The Balaban J connectivity index is 1.64. The standard InChI is InChI=1S/C25H32O6/c1-5-30-22(28)31-14-21(27)25(29)15(2)12-20-18-7-6-16-13-17(26)8-10-23(16,3)19(18)9-11-24(20,25)4/h8-10,13,15,18,20,29H,5-7,11-12,14H2,1-4H3/t15-,18?,20?,23+,24+,25+/m1/s1. The van der Waals surface area contributed by atoms with Gasteiger partial charge in [0.25, 0.3) is 0 Å². The normalized spacial score (nSPS) is 40.8. The summed E-state index contributed by atoms with van der Waals surface area (Å²) in [5.74, 6) is -0.275. The second kappa shape index (κ2) is 7.44. The number of rotatable bonds is 4. The van der Waals surface area contributed by atoms with Crippen molar-refractivity contribution in [2.75, 3.05) is 13.2 Å². The minimum atomic E-state index is -1.57. The minimum Gasteiger partial charge on any atom is -0.435 e. The predicted molar refractivity (Wildman–Crippen MR) is 114 cm³/mol. The van der Waals surface area contributed by atoms with Crippen LogP contribution in [0.15, 0.2) is 35.5 Å². The number of ketones is 2. The number of hydrogen-bond donors (Lipinski definition) is 1. The molecule has 6 atom stereocenters. The van der Waals surface area contributed by atoms with E-state index in [9.17, 15) is 19.5 Å². The predicted octanol–water partition coefficient (Wildman–Crippen LogP) is 3.93. The largest absolute Gasteiger partial charge is 0.508 e. The topological polar surface area (TPSA) is 89.9 Å². The first-order chi connectivity index (χ1) is 14.6. The minimum absolute atomic E-state index is 0.0447. The van der Waals surface area contributed by atoms with Gasteiger partial charge in [-0.25, -0.2) is 4.79 Å². The van der Waals surface area contributed by atoms with Crippen molar-refractivity contribution in [2.45, 2.75) is 59.0 Å². The van der Waals surface area contributed by atoms with Gasteiger partial charge in [-0.3, -0.25) is 9.59 Å². The van der Waals surface area contributed by atoms with Gasteiger partial charge < -0.3 is 14.6 Å². The van der Waals surface area contributed by atoms with E-state index >= 15 is 0 Å². The van der Waals surface area contributed by atoms with Crippen molar-refractivity contribution in [1.82, 2.24) is 0 Å². The Bertz CT molecular complexity index is 913. The average Bonchev–Trinajstić information content (AvgIpc) is 2.94. The fraction of sp³-hybridized carbons (Fsp3) is 0.640. The van der Waals surface area contributed by atoms with Crippen LogP contribution in [0.2, 0.25) is 0 Å². The summed E-state index contributed by atoms with van der Waals surface area (Å²) in [6, 6.07) is 0. The fourth-order valence-corrected chi connectivity index (χ4v) is 6.85. The van der Waals surface area contributed by atoms with Gasteiger partial charge in [0.1, 0.15) is 5.60 Å². The highest BCUT2D eigenvalue weighted by Crippen LogP contribution is 2.66. The molecule has 0 bridgehead atoms. The van der Waals surface area contributed by atoms with E-state index < -0.39 is 29.6 Å². The lowest BCUT2D eigenvalue weighted by molar-refractivity contribution is -0.162. The van der Waals surface area contributed by atoms with Crippen LogP contribution in [-0.2, 0) is 19.1 Å². The first-order valence-electron chi connectivity index (χ1n) is 11.3. The molecule has 2 saturated carbocycles. The molecule has 4 aliphatic rings. The van der Waals surface area contributed by atoms with Crippen molar-refractivity contribution >= 4 is 17.7 Å². The molecule has 0 aromatic heterocycles. The van der Waals surface area contributed by atoms with Gasteiger partial charge in [0.2, 0.25) is 5.78 Å². The molecule has 4 rings (SSSR count). The Morgan fingerprint density at radius 1 is 1.26 bits per heavy atom. The van der Waals surface area contributed by atoms with Gasteiger partial charge in [-0.15, -0.1) is 0 Å². The molecule has 1 N–H and O–H groups in total. The average molecular weight is 429 g/mol. The van der Waals surface area contributed by atoms with E-state index in [2.05, 4.69) is 13.0 Å². The highest BCUT2D eigenvalue weighted by Gasteiger charge is 2.67. The second-order valence-electron chi connectivity index (χ2n) is 9.94. The van der Waals surface area contributed by atoms with Gasteiger partial charge in [-0.05, 0) is 69.4 Å². The zero-order valence-electron chi connectivity index (χ0n) is 18.8. The molecule has 0 aromatic carbocycles. The fourth-order valence-electron chi connectivity index (χ4n) is 6.85. The molecule has 31 heavy (non-hydrogen) atoms. The molecule has 0 heterocycles. The van der Waals surface area contributed by atoms with Gasteiger partial charge in [0.05, 0.1) is 6.61 Å².